The van der Waals surface area contributed by atoms with Crippen LogP contribution >= 0.6 is 23.2 Å². The Morgan fingerprint density at radius 2 is 0.851 bits per heavy atom. The van der Waals surface area contributed by atoms with Gasteiger partial charge in [-0.15, -0.1) is 0 Å². The molecule has 3 saturated heterocycles. The van der Waals surface area contributed by atoms with Gasteiger partial charge < -0.3 is 36.0 Å². The van der Waals surface area contributed by atoms with Crippen LogP contribution in [0.25, 0.3) is 33.8 Å². The first-order valence-electron chi connectivity index (χ1n) is 32.9. The molecule has 0 unspecified atom stereocenters. The summed E-state index contributed by atoms with van der Waals surface area (Å²) >= 11 is 12.0. The Labute approximate surface area is 563 Å². The molecule has 3 aliphatic heterocycles. The van der Waals surface area contributed by atoms with E-state index in [1.807, 2.05) is 104 Å². The van der Waals surface area contributed by atoms with Crippen molar-refractivity contribution in [2.75, 3.05) is 66.0 Å². The van der Waals surface area contributed by atoms with Crippen molar-refractivity contribution in [3.05, 3.63) is 213 Å². The average Bonchev–Trinajstić information content (AvgIpc) is 0.914. The minimum atomic E-state index is 0.110. The highest BCUT2D eigenvalue weighted by molar-refractivity contribution is 6.32. The van der Waals surface area contributed by atoms with Crippen LogP contribution in [0.15, 0.2) is 153 Å². The van der Waals surface area contributed by atoms with Crippen LogP contribution < -0.4 is 20.7 Å². The fraction of sp³-hybridized carbons (Fsp3) is 0.378. The van der Waals surface area contributed by atoms with E-state index in [-0.39, 0.29) is 11.5 Å². The lowest BCUT2D eigenvalue weighted by molar-refractivity contribution is 0.165. The molecule has 5 aromatic heterocycles. The molecule has 492 valence electrons. The van der Waals surface area contributed by atoms with Gasteiger partial charge in [-0.25, -0.2) is 29.9 Å². The molecule has 3 fully saturated rings. The summed E-state index contributed by atoms with van der Waals surface area (Å²) in [7, 11) is 1.70. The maximum absolute atomic E-state index is 9.59. The van der Waals surface area contributed by atoms with Crippen molar-refractivity contribution < 1.29 is 20.1 Å². The molecule has 18 nitrogen and oxygen atoms in total. The van der Waals surface area contributed by atoms with Gasteiger partial charge in [0.1, 0.15) is 40.5 Å². The molecule has 8 heterocycles. The second-order valence-corrected chi connectivity index (χ2v) is 25.5. The molecule has 4 aromatic carbocycles. The normalized spacial score (nSPS) is 16.9. The van der Waals surface area contributed by atoms with Crippen molar-refractivity contribution in [2.45, 2.75) is 116 Å². The second kappa shape index (κ2) is 34.9. The van der Waals surface area contributed by atoms with Gasteiger partial charge in [0.15, 0.2) is 0 Å². The van der Waals surface area contributed by atoms with E-state index >= 15 is 0 Å². The molecule has 94 heavy (non-hydrogen) atoms. The number of hydrogen-bond donors (Lipinski definition) is 6. The number of nitrogens with one attached hydrogen (secondary N) is 3. The molecular weight excluding hydrogens is 1220 g/mol. The molecule has 0 radical (unpaired) electrons. The smallest absolute Gasteiger partial charge is 0.134 e. The fourth-order valence-electron chi connectivity index (χ4n) is 12.0. The zero-order chi connectivity index (χ0) is 65.6. The number of piperazine rings is 3. The summed E-state index contributed by atoms with van der Waals surface area (Å²) in [5.74, 6) is 3.83. The highest BCUT2D eigenvalue weighted by Crippen LogP contribution is 2.32. The molecule has 0 spiro atoms. The molecule has 0 aliphatic carbocycles. The summed E-state index contributed by atoms with van der Waals surface area (Å²) in [6.07, 6.45) is 20.9. The van der Waals surface area contributed by atoms with Crippen molar-refractivity contribution in [2.24, 2.45) is 0 Å². The lowest BCUT2D eigenvalue weighted by Crippen LogP contribution is -2.49. The largest absolute Gasteiger partial charge is 0.508 e. The second-order valence-electron chi connectivity index (χ2n) is 24.6. The Morgan fingerprint density at radius 3 is 1.29 bits per heavy atom. The van der Waals surface area contributed by atoms with Crippen molar-refractivity contribution in [3.63, 3.8) is 0 Å². The Balaban J connectivity index is 0.000000154. The van der Waals surface area contributed by atoms with E-state index in [0.717, 1.165) is 204 Å². The number of aryl methyl sites for hydroxylation is 6. The SMILES string of the molecule is COc1ccc(CN2CCNC[C@@H]2C)cc1-c1ccnc(CCCc2ccc(O)c(Cl)c2)n1.C[C@H]1CNCCN1Cc1cncc(-c2ccnc(CCCc3ccc(O)c(Cl)c3)n2)c1.C[C@H]1CNCCN1Cc1cncc(-c2ccnc(CCCc3ccc(O)cc3)n2)c1. The maximum Gasteiger partial charge on any atom is 0.134 e. The number of nitrogens with zero attached hydrogens (tertiary/aromatic N) is 11. The molecule has 0 bridgehead atoms. The maximum atomic E-state index is 9.59. The Hall–Kier alpha value is -8.04. The van der Waals surface area contributed by atoms with E-state index in [2.05, 4.69) is 101 Å². The first-order chi connectivity index (χ1) is 45.8. The summed E-state index contributed by atoms with van der Waals surface area (Å²) in [6, 6.07) is 36.2. The summed E-state index contributed by atoms with van der Waals surface area (Å²) in [4.78, 5) is 44.2. The van der Waals surface area contributed by atoms with Crippen LogP contribution in [0.3, 0.4) is 0 Å². The molecule has 6 N–H and O–H groups in total. The van der Waals surface area contributed by atoms with Gasteiger partial charge in [0.05, 0.1) is 34.2 Å². The third-order valence-corrected chi connectivity index (χ3v) is 18.1. The molecule has 3 aliphatic rings. The first-order valence-corrected chi connectivity index (χ1v) is 33.6. The van der Waals surface area contributed by atoms with E-state index in [9.17, 15) is 15.3 Å². The quantitative estimate of drug-likeness (QED) is 0.0372. The van der Waals surface area contributed by atoms with E-state index < -0.39 is 0 Å². The Kier molecular flexibility index (Phi) is 25.6. The predicted molar refractivity (Wildman–Crippen MR) is 373 cm³/mol. The zero-order valence-corrected chi connectivity index (χ0v) is 56.0. The topological polar surface area (TPSA) is 219 Å². The number of methoxy groups -OCH3 is 1. The van der Waals surface area contributed by atoms with E-state index in [1.165, 1.54) is 22.3 Å². The predicted octanol–water partition coefficient (Wildman–Crippen LogP) is 11.6. The number of rotatable bonds is 22. The van der Waals surface area contributed by atoms with Gasteiger partial charge in [0.25, 0.3) is 0 Å². The minimum Gasteiger partial charge on any atom is -0.508 e. The van der Waals surface area contributed by atoms with Gasteiger partial charge in [-0.3, -0.25) is 24.7 Å². The molecule has 9 aromatic rings. The van der Waals surface area contributed by atoms with Gasteiger partial charge >= 0.3 is 0 Å². The zero-order valence-electron chi connectivity index (χ0n) is 54.4. The van der Waals surface area contributed by atoms with Crippen LogP contribution in [0.5, 0.6) is 23.0 Å². The molecule has 0 saturated carbocycles. The monoisotopic (exact) mass is 1310 g/mol. The van der Waals surface area contributed by atoms with Gasteiger partial charge in [-0.2, -0.15) is 0 Å². The van der Waals surface area contributed by atoms with Gasteiger partial charge in [0, 0.05) is 176 Å². The van der Waals surface area contributed by atoms with Gasteiger partial charge in [-0.1, -0.05) is 53.5 Å². The third-order valence-electron chi connectivity index (χ3n) is 17.5. The van der Waals surface area contributed by atoms with Crippen LogP contribution in [-0.4, -0.2) is 154 Å². The molecule has 20 heteroatoms. The van der Waals surface area contributed by atoms with E-state index in [4.69, 9.17) is 42.9 Å². The van der Waals surface area contributed by atoms with Crippen LogP contribution in [0.2, 0.25) is 10.0 Å². The van der Waals surface area contributed by atoms with Gasteiger partial charge in [-0.05, 0) is 172 Å². The Morgan fingerprint density at radius 1 is 0.447 bits per heavy atom. The highest BCUT2D eigenvalue weighted by Gasteiger charge is 2.22. The molecule has 12 rings (SSSR count). The average molecular weight is 1310 g/mol. The van der Waals surface area contributed by atoms with Crippen LogP contribution in [0.4, 0.5) is 0 Å². The number of benzene rings is 4. The van der Waals surface area contributed by atoms with Gasteiger partial charge in [0.2, 0.25) is 0 Å². The lowest BCUT2D eigenvalue weighted by Gasteiger charge is -2.34. The third kappa shape index (κ3) is 20.5. The van der Waals surface area contributed by atoms with Crippen molar-refractivity contribution >= 4 is 23.2 Å². The number of halogens is 2. The first kappa shape index (κ1) is 68.8. The standard InChI is InChI=1S/C26H31ClN4O2.C24H28ClN5O.C24H29N5O/c1-18-16-28-12-13-31(18)17-20-7-9-25(33-2)21(14-20)23-10-11-29-26(30-23)5-3-4-19-6-8-24(32)22(27)15-19;1-17-13-26-9-10-30(17)16-19-11-20(15-27-14-19)22-7-8-28-24(29-22)4-2-3-18-5-6-23(31)21(25)12-18;1-18-14-25-11-12-29(18)17-20-13-21(16-26-15-20)23-9-10-27-24(28-23)4-2-3-19-5-7-22(30)8-6-19/h6-11,14-15,18,28,32H,3-5,12-13,16-17H2,1-2H3;5-8,11-12,14-15,17,26,31H,2-4,9-10,13,16H2,1H3;5-10,13,15-16,18,25,30H,2-4,11-12,14,17H2,1H3/t18-;17-;18-/m000/s1. The van der Waals surface area contributed by atoms with Crippen LogP contribution in [-0.2, 0) is 58.2 Å². The molecular formula is C74H88Cl2N14O4. The van der Waals surface area contributed by atoms with Crippen molar-refractivity contribution in [3.8, 4) is 56.8 Å². The summed E-state index contributed by atoms with van der Waals surface area (Å²) in [6.45, 7) is 18.8. The van der Waals surface area contributed by atoms with E-state index in [0.29, 0.717) is 33.9 Å². The van der Waals surface area contributed by atoms with Crippen LogP contribution in [0.1, 0.15) is 90.9 Å². The van der Waals surface area contributed by atoms with Crippen molar-refractivity contribution in [1.29, 1.82) is 0 Å². The summed E-state index contributed by atoms with van der Waals surface area (Å²) in [5.41, 5.74) is 12.8. The number of phenolic OH excluding ortho intramolecular Hbond substituents is 3. The Bertz CT molecular complexity index is 3870. The van der Waals surface area contributed by atoms with E-state index in [1.54, 1.807) is 31.4 Å². The fourth-order valence-corrected chi connectivity index (χ4v) is 12.4. The highest BCUT2D eigenvalue weighted by atomic mass is 35.5. The van der Waals surface area contributed by atoms with Crippen molar-refractivity contribution in [1.82, 2.24) is 70.5 Å². The molecule has 0 amide bonds. The summed E-state index contributed by atoms with van der Waals surface area (Å²) < 4.78 is 5.65. The number of ether oxygens (including phenoxy) is 1. The number of phenols is 3. The lowest BCUT2D eigenvalue weighted by atomic mass is 10.0. The number of pyridine rings is 2. The molecule has 3 atom stereocenters. The summed E-state index contributed by atoms with van der Waals surface area (Å²) in [5, 5.41) is 39.6. The van der Waals surface area contributed by atoms with Crippen LogP contribution in [0, 0.1) is 0 Å². The number of hydrogen-bond acceptors (Lipinski definition) is 18. The number of aromatic nitrogens is 8. The minimum absolute atomic E-state index is 0.110. The number of aromatic hydroxyl groups is 3.